The van der Waals surface area contributed by atoms with Gasteiger partial charge in [0.15, 0.2) is 0 Å². The number of nitrogens with one attached hydrogen (secondary N) is 1. The summed E-state index contributed by atoms with van der Waals surface area (Å²) < 4.78 is 0. The largest absolute Gasteiger partial charge is 0.353 e. The first-order chi connectivity index (χ1) is 8.79. The summed E-state index contributed by atoms with van der Waals surface area (Å²) in [4.78, 5) is 12.2. The molecule has 0 unspecified atom stereocenters. The van der Waals surface area contributed by atoms with E-state index in [2.05, 4.69) is 5.32 Å². The van der Waals surface area contributed by atoms with Crippen LogP contribution in [-0.4, -0.2) is 18.5 Å². The van der Waals surface area contributed by atoms with Gasteiger partial charge < -0.3 is 11.1 Å². The lowest BCUT2D eigenvalue weighted by Gasteiger charge is -2.28. The Morgan fingerprint density at radius 2 is 1.56 bits per heavy atom. The predicted octanol–water partition coefficient (Wildman–Crippen LogP) is 2.59. The van der Waals surface area contributed by atoms with Crippen LogP contribution in [0, 0.1) is 11.8 Å². The first-order valence-electron chi connectivity index (χ1n) is 7.80. The summed E-state index contributed by atoms with van der Waals surface area (Å²) in [7, 11) is 0. The topological polar surface area (TPSA) is 55.1 Å². The van der Waals surface area contributed by atoms with Gasteiger partial charge in [-0.2, -0.15) is 0 Å². The van der Waals surface area contributed by atoms with Crippen LogP contribution in [0.1, 0.15) is 64.2 Å². The number of carbonyl (C=O) groups excluding carboxylic acids is 1. The second kappa shape index (κ2) is 7.13. The molecule has 0 aromatic carbocycles. The fraction of sp³-hybridized carbons (Fsp3) is 0.933. The first-order valence-corrected chi connectivity index (χ1v) is 7.80. The lowest BCUT2D eigenvalue weighted by molar-refractivity contribution is -0.127. The molecule has 1 amide bonds. The van der Waals surface area contributed by atoms with Crippen molar-refractivity contribution in [3.8, 4) is 0 Å². The van der Waals surface area contributed by atoms with Crippen LogP contribution in [0.2, 0.25) is 0 Å². The fourth-order valence-corrected chi connectivity index (χ4v) is 3.40. The van der Waals surface area contributed by atoms with Gasteiger partial charge in [-0.15, -0.1) is 0 Å². The summed E-state index contributed by atoms with van der Waals surface area (Å²) in [6.07, 6.45) is 12.0. The van der Waals surface area contributed by atoms with Gasteiger partial charge in [0, 0.05) is 12.0 Å². The highest BCUT2D eigenvalue weighted by atomic mass is 16.1. The van der Waals surface area contributed by atoms with Crippen molar-refractivity contribution in [2.24, 2.45) is 17.6 Å². The van der Waals surface area contributed by atoms with Crippen molar-refractivity contribution in [3.63, 3.8) is 0 Å². The quantitative estimate of drug-likeness (QED) is 0.759. The predicted molar refractivity (Wildman–Crippen MR) is 74.1 cm³/mol. The van der Waals surface area contributed by atoms with Crippen LogP contribution in [0.25, 0.3) is 0 Å². The highest BCUT2D eigenvalue weighted by molar-refractivity contribution is 5.79. The van der Waals surface area contributed by atoms with E-state index in [0.29, 0.717) is 17.9 Å². The van der Waals surface area contributed by atoms with Crippen LogP contribution in [0.4, 0.5) is 0 Å². The van der Waals surface area contributed by atoms with Gasteiger partial charge in [-0.1, -0.05) is 25.7 Å². The molecule has 0 aromatic rings. The highest BCUT2D eigenvalue weighted by Gasteiger charge is 2.27. The summed E-state index contributed by atoms with van der Waals surface area (Å²) in [5.74, 6) is 1.24. The molecule has 104 valence electrons. The zero-order valence-electron chi connectivity index (χ0n) is 11.5. The molecule has 3 N–H and O–H groups in total. The Morgan fingerprint density at radius 3 is 2.11 bits per heavy atom. The van der Waals surface area contributed by atoms with Crippen LogP contribution in [0.15, 0.2) is 0 Å². The van der Waals surface area contributed by atoms with E-state index in [0.717, 1.165) is 32.2 Å². The second-order valence-corrected chi connectivity index (χ2v) is 6.15. The Hall–Kier alpha value is -0.570. The summed E-state index contributed by atoms with van der Waals surface area (Å²) in [5.41, 5.74) is 5.69. The van der Waals surface area contributed by atoms with Gasteiger partial charge in [0.1, 0.15) is 0 Å². The molecule has 0 aromatic heterocycles. The minimum atomic E-state index is 0.260. The number of hydrogen-bond acceptors (Lipinski definition) is 2. The van der Waals surface area contributed by atoms with E-state index in [9.17, 15) is 4.79 Å². The monoisotopic (exact) mass is 252 g/mol. The summed E-state index contributed by atoms with van der Waals surface area (Å²) in [5, 5.41) is 3.29. The third kappa shape index (κ3) is 3.98. The Bertz CT molecular complexity index is 251. The molecule has 0 heterocycles. The van der Waals surface area contributed by atoms with E-state index in [1.54, 1.807) is 0 Å². The van der Waals surface area contributed by atoms with Crippen molar-refractivity contribution >= 4 is 5.91 Å². The Labute approximate surface area is 111 Å². The summed E-state index contributed by atoms with van der Waals surface area (Å²) >= 11 is 0. The molecule has 3 nitrogen and oxygen atoms in total. The van der Waals surface area contributed by atoms with Gasteiger partial charge in [-0.05, 0) is 51.0 Å². The number of nitrogens with two attached hydrogens (primary N) is 1. The summed E-state index contributed by atoms with van der Waals surface area (Å²) in [6, 6.07) is 0.451. The van der Waals surface area contributed by atoms with Crippen LogP contribution in [-0.2, 0) is 4.79 Å². The van der Waals surface area contributed by atoms with E-state index < -0.39 is 0 Å². The van der Waals surface area contributed by atoms with Crippen LogP contribution in [0.5, 0.6) is 0 Å². The van der Waals surface area contributed by atoms with Crippen molar-refractivity contribution < 1.29 is 4.79 Å². The third-order valence-corrected chi connectivity index (χ3v) is 4.75. The lowest BCUT2D eigenvalue weighted by atomic mass is 9.81. The van der Waals surface area contributed by atoms with Crippen molar-refractivity contribution in [3.05, 3.63) is 0 Å². The normalized spacial score (nSPS) is 30.7. The molecule has 2 fully saturated rings. The molecule has 18 heavy (non-hydrogen) atoms. The van der Waals surface area contributed by atoms with Crippen LogP contribution < -0.4 is 11.1 Å². The molecule has 0 bridgehead atoms. The van der Waals surface area contributed by atoms with Crippen molar-refractivity contribution in [2.75, 3.05) is 6.54 Å². The van der Waals surface area contributed by atoms with Gasteiger partial charge in [0.05, 0.1) is 0 Å². The van der Waals surface area contributed by atoms with E-state index >= 15 is 0 Å². The molecule has 0 aliphatic heterocycles. The van der Waals surface area contributed by atoms with Crippen molar-refractivity contribution in [1.82, 2.24) is 5.32 Å². The number of amides is 1. The van der Waals surface area contributed by atoms with Gasteiger partial charge in [-0.3, -0.25) is 4.79 Å². The Morgan fingerprint density at radius 1 is 0.944 bits per heavy atom. The van der Waals surface area contributed by atoms with Crippen LogP contribution >= 0.6 is 0 Å². The highest BCUT2D eigenvalue weighted by Crippen LogP contribution is 2.28. The average molecular weight is 252 g/mol. The minimum Gasteiger partial charge on any atom is -0.353 e. The number of carbonyl (C=O) groups is 1. The molecule has 2 aliphatic rings. The maximum Gasteiger partial charge on any atom is 0.223 e. The Kier molecular flexibility index (Phi) is 5.48. The zero-order valence-corrected chi connectivity index (χ0v) is 11.5. The van der Waals surface area contributed by atoms with Gasteiger partial charge >= 0.3 is 0 Å². The molecule has 0 atom stereocenters. The third-order valence-electron chi connectivity index (χ3n) is 4.75. The zero-order chi connectivity index (χ0) is 12.8. The van der Waals surface area contributed by atoms with E-state index in [1.165, 1.54) is 38.5 Å². The minimum absolute atomic E-state index is 0.260. The molecule has 0 radical (unpaired) electrons. The molecule has 0 saturated heterocycles. The van der Waals surface area contributed by atoms with Crippen molar-refractivity contribution in [1.29, 1.82) is 0 Å². The maximum absolute atomic E-state index is 12.2. The Balaban J connectivity index is 1.74. The van der Waals surface area contributed by atoms with E-state index in [1.807, 2.05) is 0 Å². The van der Waals surface area contributed by atoms with Gasteiger partial charge in [-0.25, -0.2) is 0 Å². The number of rotatable bonds is 3. The molecular weight excluding hydrogens is 224 g/mol. The van der Waals surface area contributed by atoms with Gasteiger partial charge in [0.25, 0.3) is 0 Å². The first kappa shape index (κ1) is 13.9. The number of hydrogen-bond donors (Lipinski definition) is 2. The van der Waals surface area contributed by atoms with Crippen molar-refractivity contribution in [2.45, 2.75) is 70.3 Å². The lowest BCUT2D eigenvalue weighted by Crippen LogP contribution is -2.40. The molecular formula is C15H28N2O. The van der Waals surface area contributed by atoms with Gasteiger partial charge in [0.2, 0.25) is 5.91 Å². The molecule has 0 spiro atoms. The smallest absolute Gasteiger partial charge is 0.223 e. The average Bonchev–Trinajstić information content (AvgIpc) is 2.67. The molecule has 2 aliphatic carbocycles. The molecule has 3 heteroatoms. The molecule has 2 saturated carbocycles. The molecule has 2 rings (SSSR count). The standard InChI is InChI=1S/C15H28N2O/c16-11-12-7-9-13(10-8-12)15(18)17-14-5-3-1-2-4-6-14/h12-14H,1-11,16H2,(H,17,18). The summed E-state index contributed by atoms with van der Waals surface area (Å²) in [6.45, 7) is 0.789. The van der Waals surface area contributed by atoms with E-state index in [4.69, 9.17) is 5.73 Å². The SMILES string of the molecule is NCC1CCC(C(=O)NC2CCCCCC2)CC1. The van der Waals surface area contributed by atoms with Crippen LogP contribution in [0.3, 0.4) is 0 Å². The fourth-order valence-electron chi connectivity index (χ4n) is 3.40. The maximum atomic E-state index is 12.2. The van der Waals surface area contributed by atoms with E-state index in [-0.39, 0.29) is 5.92 Å². The second-order valence-electron chi connectivity index (χ2n) is 6.15.